The molecule has 0 aliphatic carbocycles. The van der Waals surface area contributed by atoms with Gasteiger partial charge in [-0.1, -0.05) is 12.1 Å². The Hall–Kier alpha value is -4.47. The van der Waals surface area contributed by atoms with Crippen LogP contribution in [0.5, 0.6) is 5.75 Å². The summed E-state index contributed by atoms with van der Waals surface area (Å²) < 4.78 is 10.6. The number of esters is 2. The molecule has 1 heterocycles. The zero-order valence-corrected chi connectivity index (χ0v) is 17.4. The lowest BCUT2D eigenvalue weighted by molar-refractivity contribution is -0.131. The zero-order chi connectivity index (χ0) is 23.3. The van der Waals surface area contributed by atoms with Crippen LogP contribution in [-0.2, 0) is 9.53 Å². The second-order valence-electron chi connectivity index (χ2n) is 6.88. The second kappa shape index (κ2) is 9.56. The monoisotopic (exact) mass is 435 g/mol. The summed E-state index contributed by atoms with van der Waals surface area (Å²) in [6.07, 6.45) is 1.40. The number of nitrogens with two attached hydrogens (primary N) is 1. The first kappa shape index (κ1) is 22.2. The molecule has 3 rings (SSSR count). The molecule has 0 aliphatic heterocycles. The number of carbonyl (C=O) groups excluding carboxylic acids is 3. The van der Waals surface area contributed by atoms with E-state index in [1.165, 1.54) is 23.2 Å². The van der Waals surface area contributed by atoms with Crippen molar-refractivity contribution in [1.82, 2.24) is 9.88 Å². The van der Waals surface area contributed by atoms with Crippen LogP contribution in [0.15, 0.2) is 54.7 Å². The molecule has 0 radical (unpaired) electrons. The number of pyridine rings is 1. The van der Waals surface area contributed by atoms with E-state index in [2.05, 4.69) is 10.3 Å². The average molecular weight is 435 g/mol. The molecule has 0 aliphatic rings. The number of ether oxygens (including phenoxy) is 2. The van der Waals surface area contributed by atoms with Gasteiger partial charge in [0.05, 0.1) is 5.56 Å². The van der Waals surface area contributed by atoms with Crippen LogP contribution in [0.3, 0.4) is 0 Å². The van der Waals surface area contributed by atoms with E-state index in [0.29, 0.717) is 16.5 Å². The van der Waals surface area contributed by atoms with E-state index in [1.807, 2.05) is 0 Å². The number of hydrogen-bond acceptors (Lipinski definition) is 7. The highest BCUT2D eigenvalue weighted by Gasteiger charge is 2.18. The molecule has 0 atom stereocenters. The fourth-order valence-electron chi connectivity index (χ4n) is 2.76. The Kier molecular flexibility index (Phi) is 6.64. The molecule has 0 fully saturated rings. The molecule has 0 saturated carbocycles. The highest BCUT2D eigenvalue weighted by Crippen LogP contribution is 2.28. The third-order valence-corrected chi connectivity index (χ3v) is 4.39. The number of carbonyl (C=O) groups is 3. The molecular formula is C22H21N5O5. The van der Waals surface area contributed by atoms with Crippen molar-refractivity contribution in [3.8, 4) is 5.75 Å². The third-order valence-electron chi connectivity index (χ3n) is 4.39. The lowest BCUT2D eigenvalue weighted by Gasteiger charge is -2.12. The molecule has 0 unspecified atom stereocenters. The number of hydrogen-bond donors (Lipinski definition) is 3. The lowest BCUT2D eigenvalue weighted by atomic mass is 10.1. The van der Waals surface area contributed by atoms with Crippen molar-refractivity contribution >= 4 is 40.3 Å². The Morgan fingerprint density at radius 2 is 1.75 bits per heavy atom. The maximum absolute atomic E-state index is 12.6. The lowest BCUT2D eigenvalue weighted by Crippen LogP contribution is -2.27. The molecule has 32 heavy (non-hydrogen) atoms. The van der Waals surface area contributed by atoms with E-state index in [1.54, 1.807) is 50.5 Å². The van der Waals surface area contributed by atoms with Gasteiger partial charge in [-0.15, -0.1) is 0 Å². The summed E-state index contributed by atoms with van der Waals surface area (Å²) in [6, 6.07) is 12.7. The number of aromatic nitrogens is 1. The normalized spacial score (nSPS) is 10.3. The van der Waals surface area contributed by atoms with Crippen molar-refractivity contribution in [2.24, 2.45) is 5.73 Å². The summed E-state index contributed by atoms with van der Waals surface area (Å²) in [6.45, 7) is -0.410. The number of anilines is 1. The Morgan fingerprint density at radius 3 is 2.41 bits per heavy atom. The van der Waals surface area contributed by atoms with Crippen molar-refractivity contribution in [2.75, 3.05) is 26.0 Å². The van der Waals surface area contributed by atoms with Gasteiger partial charge in [-0.05, 0) is 36.4 Å². The molecule has 3 aromatic rings. The van der Waals surface area contributed by atoms with Gasteiger partial charge in [0.25, 0.3) is 5.91 Å². The largest absolute Gasteiger partial charge is 0.451 e. The number of guanidine groups is 1. The van der Waals surface area contributed by atoms with Crippen LogP contribution in [0.1, 0.15) is 20.8 Å². The number of rotatable bonds is 6. The molecule has 2 aromatic carbocycles. The summed E-state index contributed by atoms with van der Waals surface area (Å²) in [5.41, 5.74) is 6.13. The van der Waals surface area contributed by atoms with E-state index in [4.69, 9.17) is 20.6 Å². The van der Waals surface area contributed by atoms with Crippen LogP contribution in [0, 0.1) is 5.41 Å². The quantitative estimate of drug-likeness (QED) is 0.230. The Morgan fingerprint density at radius 1 is 1.03 bits per heavy atom. The first-order chi connectivity index (χ1) is 15.3. The molecular weight excluding hydrogens is 414 g/mol. The van der Waals surface area contributed by atoms with Gasteiger partial charge < -0.3 is 25.4 Å². The van der Waals surface area contributed by atoms with Gasteiger partial charge in [-0.25, -0.2) is 14.6 Å². The number of benzene rings is 2. The highest BCUT2D eigenvalue weighted by atomic mass is 16.5. The molecule has 0 spiro atoms. The molecule has 1 aromatic heterocycles. The minimum atomic E-state index is -0.761. The summed E-state index contributed by atoms with van der Waals surface area (Å²) in [4.78, 5) is 42.1. The maximum Gasteiger partial charge on any atom is 0.358 e. The van der Waals surface area contributed by atoms with Crippen LogP contribution in [0.4, 0.5) is 5.69 Å². The molecule has 164 valence electrons. The first-order valence-electron chi connectivity index (χ1n) is 9.44. The molecule has 10 heteroatoms. The van der Waals surface area contributed by atoms with E-state index in [0.717, 1.165) is 0 Å². The standard InChI is InChI=1S/C22H21N5O5/c1-27(2)18(28)12-31-21(30)19-16-4-3-5-17(15(16)10-11-25-19)32-20(29)13-6-8-14(9-7-13)26-22(23)24/h3-11H,12H2,1-2H3,(H4,23,24,26). The SMILES string of the molecule is CN(C)C(=O)COC(=O)c1nccc2c(OC(=O)c3ccc(NC(=N)N)cc3)cccc12. The van der Waals surface area contributed by atoms with Crippen LogP contribution >= 0.6 is 0 Å². The minimum absolute atomic E-state index is 0.00613. The molecule has 4 N–H and O–H groups in total. The van der Waals surface area contributed by atoms with E-state index < -0.39 is 18.5 Å². The van der Waals surface area contributed by atoms with Crippen LogP contribution in [0.25, 0.3) is 10.8 Å². The molecule has 10 nitrogen and oxygen atoms in total. The second-order valence-corrected chi connectivity index (χ2v) is 6.88. The minimum Gasteiger partial charge on any atom is -0.451 e. The smallest absolute Gasteiger partial charge is 0.358 e. The number of fused-ring (bicyclic) bond motifs is 1. The van der Waals surface area contributed by atoms with Gasteiger partial charge in [0.2, 0.25) is 0 Å². The number of nitrogens with zero attached hydrogens (tertiary/aromatic N) is 2. The highest BCUT2D eigenvalue weighted by molar-refractivity contribution is 6.05. The summed E-state index contributed by atoms with van der Waals surface area (Å²) in [5, 5.41) is 10.7. The van der Waals surface area contributed by atoms with Crippen LogP contribution in [-0.4, -0.2) is 54.4 Å². The zero-order valence-electron chi connectivity index (χ0n) is 17.4. The Balaban J connectivity index is 1.82. The van der Waals surface area contributed by atoms with Crippen molar-refractivity contribution in [3.05, 3.63) is 66.0 Å². The summed E-state index contributed by atoms with van der Waals surface area (Å²) >= 11 is 0. The number of nitrogens with one attached hydrogen (secondary N) is 2. The van der Waals surface area contributed by atoms with Gasteiger partial charge in [0, 0.05) is 36.8 Å². The van der Waals surface area contributed by atoms with Crippen molar-refractivity contribution in [1.29, 1.82) is 5.41 Å². The van der Waals surface area contributed by atoms with E-state index >= 15 is 0 Å². The number of likely N-dealkylation sites (N-methyl/N-ethyl adjacent to an activating group) is 1. The van der Waals surface area contributed by atoms with Crippen molar-refractivity contribution < 1.29 is 23.9 Å². The predicted octanol–water partition coefficient (Wildman–Crippen LogP) is 2.00. The molecule has 1 amide bonds. The summed E-state index contributed by atoms with van der Waals surface area (Å²) in [5.74, 6) is -1.71. The van der Waals surface area contributed by atoms with Gasteiger partial charge >= 0.3 is 11.9 Å². The molecule has 0 bridgehead atoms. The maximum atomic E-state index is 12.6. The van der Waals surface area contributed by atoms with Gasteiger partial charge in [0.15, 0.2) is 18.3 Å². The first-order valence-corrected chi connectivity index (χ1v) is 9.44. The fourth-order valence-corrected chi connectivity index (χ4v) is 2.76. The molecule has 0 saturated heterocycles. The van der Waals surface area contributed by atoms with Crippen LogP contribution in [0.2, 0.25) is 0 Å². The Labute approximate surface area is 183 Å². The van der Waals surface area contributed by atoms with E-state index in [9.17, 15) is 14.4 Å². The third kappa shape index (κ3) is 5.17. The van der Waals surface area contributed by atoms with Gasteiger partial charge in [-0.2, -0.15) is 0 Å². The topological polar surface area (TPSA) is 148 Å². The number of amides is 1. The predicted molar refractivity (Wildman–Crippen MR) is 118 cm³/mol. The van der Waals surface area contributed by atoms with Crippen molar-refractivity contribution in [3.63, 3.8) is 0 Å². The fraction of sp³-hybridized carbons (Fsp3) is 0.136. The van der Waals surface area contributed by atoms with Gasteiger partial charge in [0.1, 0.15) is 5.75 Å². The van der Waals surface area contributed by atoms with Crippen molar-refractivity contribution in [2.45, 2.75) is 0 Å². The average Bonchev–Trinajstić information content (AvgIpc) is 2.77. The van der Waals surface area contributed by atoms with Crippen LogP contribution < -0.4 is 15.8 Å². The summed E-state index contributed by atoms with van der Waals surface area (Å²) in [7, 11) is 3.11. The Bertz CT molecular complexity index is 1190. The van der Waals surface area contributed by atoms with E-state index in [-0.39, 0.29) is 28.9 Å². The van der Waals surface area contributed by atoms with Gasteiger partial charge in [-0.3, -0.25) is 10.2 Å².